The molecule has 24 heavy (non-hydrogen) atoms. The molecule has 0 atom stereocenters. The highest BCUT2D eigenvalue weighted by molar-refractivity contribution is 7.99. The fourth-order valence-electron chi connectivity index (χ4n) is 2.20. The first-order chi connectivity index (χ1) is 11.5. The van der Waals surface area contributed by atoms with Crippen molar-refractivity contribution in [3.05, 3.63) is 33.4 Å². The highest BCUT2D eigenvalue weighted by Gasteiger charge is 2.18. The highest BCUT2D eigenvalue weighted by atomic mass is 32.2. The van der Waals surface area contributed by atoms with Crippen LogP contribution in [0.1, 0.15) is 29.8 Å². The summed E-state index contributed by atoms with van der Waals surface area (Å²) >= 11 is 3.66. The van der Waals surface area contributed by atoms with E-state index in [2.05, 4.69) is 18.7 Å². The molecule has 0 aliphatic carbocycles. The minimum Gasteiger partial charge on any atom is -0.507 e. The molecular weight excluding hydrogens is 348 g/mol. The van der Waals surface area contributed by atoms with E-state index >= 15 is 0 Å². The van der Waals surface area contributed by atoms with Crippen molar-refractivity contribution in [1.82, 2.24) is 4.90 Å². The molecule has 0 bridgehead atoms. The first-order valence-electron chi connectivity index (χ1n) is 7.86. The molecular formula is C16H24N2O4S2. The number of rotatable bonds is 12. The Morgan fingerprint density at radius 2 is 1.79 bits per heavy atom. The first kappa shape index (κ1) is 20.8. The summed E-state index contributed by atoms with van der Waals surface area (Å²) in [7, 11) is 0. The molecule has 0 spiro atoms. The number of thioether (sulfide) groups is 2. The maximum absolute atomic E-state index is 11.1. The van der Waals surface area contributed by atoms with Gasteiger partial charge in [0.15, 0.2) is 6.29 Å². The molecule has 0 saturated heterocycles. The van der Waals surface area contributed by atoms with Crippen LogP contribution in [0.25, 0.3) is 0 Å². The molecule has 6 nitrogen and oxygen atoms in total. The lowest BCUT2D eigenvalue weighted by Crippen LogP contribution is -2.28. The van der Waals surface area contributed by atoms with Gasteiger partial charge in [0.25, 0.3) is 5.69 Å². The van der Waals surface area contributed by atoms with Crippen LogP contribution in [0.4, 0.5) is 5.69 Å². The zero-order valence-corrected chi connectivity index (χ0v) is 15.7. The van der Waals surface area contributed by atoms with Gasteiger partial charge in [0, 0.05) is 48.8 Å². The number of aromatic hydroxyl groups is 1. The minimum atomic E-state index is -0.542. The van der Waals surface area contributed by atoms with Gasteiger partial charge in [-0.1, -0.05) is 13.8 Å². The summed E-state index contributed by atoms with van der Waals surface area (Å²) in [5.74, 6) is 3.84. The Morgan fingerprint density at radius 3 is 2.25 bits per heavy atom. The van der Waals surface area contributed by atoms with Gasteiger partial charge in [-0.3, -0.25) is 19.8 Å². The van der Waals surface area contributed by atoms with E-state index in [4.69, 9.17) is 0 Å². The van der Waals surface area contributed by atoms with Gasteiger partial charge in [-0.15, -0.1) is 0 Å². The number of hydrogen-bond donors (Lipinski definition) is 1. The predicted molar refractivity (Wildman–Crippen MR) is 101 cm³/mol. The second-order valence-electron chi connectivity index (χ2n) is 5.09. The summed E-state index contributed by atoms with van der Waals surface area (Å²) < 4.78 is 0. The topological polar surface area (TPSA) is 83.7 Å². The lowest BCUT2D eigenvalue weighted by molar-refractivity contribution is -0.385. The Bertz CT molecular complexity index is 545. The molecule has 1 N–H and O–H groups in total. The highest BCUT2D eigenvalue weighted by Crippen LogP contribution is 2.28. The van der Waals surface area contributed by atoms with Crippen LogP contribution < -0.4 is 0 Å². The van der Waals surface area contributed by atoms with Crippen molar-refractivity contribution in [1.29, 1.82) is 0 Å². The largest absolute Gasteiger partial charge is 0.507 e. The summed E-state index contributed by atoms with van der Waals surface area (Å²) in [4.78, 5) is 23.7. The van der Waals surface area contributed by atoms with E-state index in [9.17, 15) is 20.0 Å². The molecule has 0 fully saturated rings. The number of nitro benzene ring substituents is 1. The number of non-ortho nitro benzene ring substituents is 1. The lowest BCUT2D eigenvalue weighted by Gasteiger charge is -2.22. The molecule has 0 radical (unpaired) electrons. The van der Waals surface area contributed by atoms with E-state index in [1.54, 1.807) is 0 Å². The van der Waals surface area contributed by atoms with Crippen LogP contribution in [0.5, 0.6) is 5.75 Å². The Balaban J connectivity index is 2.94. The van der Waals surface area contributed by atoms with E-state index < -0.39 is 4.92 Å². The lowest BCUT2D eigenvalue weighted by atomic mass is 10.1. The third-order valence-corrected chi connectivity index (χ3v) is 5.21. The fraction of sp³-hybridized carbons (Fsp3) is 0.562. The monoisotopic (exact) mass is 372 g/mol. The number of aldehydes is 1. The van der Waals surface area contributed by atoms with E-state index in [0.717, 1.165) is 42.2 Å². The van der Waals surface area contributed by atoms with Gasteiger partial charge in [-0.25, -0.2) is 0 Å². The standard InChI is InChI=1S/C16H24N2O4S2/c1-3-23-7-5-17(6-8-24-4-2)11-13-9-15(18(21)22)10-14(12-19)16(13)20/h9-10,12,20H,3-8,11H2,1-2H3. The molecule has 0 saturated carbocycles. The third-order valence-electron chi connectivity index (χ3n) is 3.45. The van der Waals surface area contributed by atoms with Gasteiger partial charge < -0.3 is 5.11 Å². The second kappa shape index (κ2) is 11.3. The minimum absolute atomic E-state index is 0.0370. The summed E-state index contributed by atoms with van der Waals surface area (Å²) in [6.07, 6.45) is 0.454. The van der Waals surface area contributed by atoms with Crippen molar-refractivity contribution in [3.8, 4) is 5.75 Å². The maximum Gasteiger partial charge on any atom is 0.270 e. The van der Waals surface area contributed by atoms with Gasteiger partial charge >= 0.3 is 0 Å². The van der Waals surface area contributed by atoms with Gasteiger partial charge in [0.2, 0.25) is 0 Å². The van der Waals surface area contributed by atoms with Crippen LogP contribution in [-0.4, -0.2) is 57.3 Å². The normalized spacial score (nSPS) is 11.0. The quantitative estimate of drug-likeness (QED) is 0.260. The number of nitrogens with zero attached hydrogens (tertiary/aromatic N) is 2. The molecule has 0 aliphatic rings. The van der Waals surface area contributed by atoms with Gasteiger partial charge in [-0.05, 0) is 11.5 Å². The van der Waals surface area contributed by atoms with Crippen LogP contribution in [0, 0.1) is 10.1 Å². The number of phenolic OH excluding ortho intramolecular Hbond substituents is 1. The molecule has 0 amide bonds. The summed E-state index contributed by atoms with van der Waals surface area (Å²) in [6, 6.07) is 2.46. The molecule has 8 heteroatoms. The summed E-state index contributed by atoms with van der Waals surface area (Å²) in [6.45, 7) is 6.26. The van der Waals surface area contributed by atoms with Gasteiger partial charge in [0.1, 0.15) is 5.75 Å². The Kier molecular flexibility index (Phi) is 9.82. The zero-order valence-electron chi connectivity index (χ0n) is 14.1. The van der Waals surface area contributed by atoms with Crippen molar-refractivity contribution < 1.29 is 14.8 Å². The number of carbonyl (C=O) groups excluding carboxylic acids is 1. The number of phenols is 1. The number of hydrogen-bond acceptors (Lipinski definition) is 7. The molecule has 0 unspecified atom stereocenters. The van der Waals surface area contributed by atoms with Crippen molar-refractivity contribution in [2.45, 2.75) is 20.4 Å². The molecule has 1 aromatic rings. The molecule has 0 heterocycles. The number of carbonyl (C=O) groups is 1. The molecule has 134 valence electrons. The van der Waals surface area contributed by atoms with Crippen molar-refractivity contribution in [2.24, 2.45) is 0 Å². The van der Waals surface area contributed by atoms with E-state index in [-0.39, 0.29) is 17.0 Å². The van der Waals surface area contributed by atoms with E-state index in [1.807, 2.05) is 23.5 Å². The molecule has 0 aliphatic heterocycles. The molecule has 1 rings (SSSR count). The van der Waals surface area contributed by atoms with Crippen molar-refractivity contribution in [3.63, 3.8) is 0 Å². The number of nitro groups is 1. The van der Waals surface area contributed by atoms with Crippen LogP contribution in [0.2, 0.25) is 0 Å². The van der Waals surface area contributed by atoms with Gasteiger partial charge in [-0.2, -0.15) is 23.5 Å². The van der Waals surface area contributed by atoms with Crippen molar-refractivity contribution in [2.75, 3.05) is 36.1 Å². The summed E-state index contributed by atoms with van der Waals surface area (Å²) in [5.41, 5.74) is 0.218. The van der Waals surface area contributed by atoms with Crippen LogP contribution >= 0.6 is 23.5 Å². The molecule has 1 aromatic carbocycles. The second-order valence-corrected chi connectivity index (χ2v) is 7.88. The SMILES string of the molecule is CCSCCN(CCSCC)Cc1cc([N+](=O)[O-])cc(C=O)c1O. The summed E-state index contributed by atoms with van der Waals surface area (Å²) in [5, 5.41) is 21.2. The maximum atomic E-state index is 11.1. The fourth-order valence-corrected chi connectivity index (χ4v) is 3.56. The number of benzene rings is 1. The van der Waals surface area contributed by atoms with Crippen LogP contribution in [0.15, 0.2) is 12.1 Å². The Hall–Kier alpha value is -1.25. The van der Waals surface area contributed by atoms with Crippen LogP contribution in [-0.2, 0) is 6.54 Å². The molecule has 0 aromatic heterocycles. The average molecular weight is 373 g/mol. The first-order valence-corrected chi connectivity index (χ1v) is 10.2. The third kappa shape index (κ3) is 6.70. The van der Waals surface area contributed by atoms with E-state index in [0.29, 0.717) is 18.4 Å². The van der Waals surface area contributed by atoms with Crippen molar-refractivity contribution >= 4 is 35.5 Å². The van der Waals surface area contributed by atoms with E-state index in [1.165, 1.54) is 6.07 Å². The predicted octanol–water partition coefficient (Wildman–Crippen LogP) is 3.42. The average Bonchev–Trinajstić information content (AvgIpc) is 2.56. The van der Waals surface area contributed by atoms with Gasteiger partial charge in [0.05, 0.1) is 10.5 Å². The van der Waals surface area contributed by atoms with Crippen LogP contribution in [0.3, 0.4) is 0 Å². The zero-order chi connectivity index (χ0) is 17.9. The smallest absolute Gasteiger partial charge is 0.270 e. The Labute approximate surface area is 151 Å². The Morgan fingerprint density at radius 1 is 1.21 bits per heavy atom.